The van der Waals surface area contributed by atoms with Crippen molar-refractivity contribution >= 4 is 33.3 Å². The second-order valence-corrected chi connectivity index (χ2v) is 7.92. The Bertz CT molecular complexity index is 1090. The van der Waals surface area contributed by atoms with Crippen molar-refractivity contribution in [3.05, 3.63) is 99.8 Å². The lowest BCUT2D eigenvalue weighted by Gasteiger charge is -2.23. The number of anilines is 1. The zero-order chi connectivity index (χ0) is 20.6. The Morgan fingerprint density at radius 3 is 2.41 bits per heavy atom. The molecule has 29 heavy (non-hydrogen) atoms. The van der Waals surface area contributed by atoms with Crippen molar-refractivity contribution in [1.82, 2.24) is 0 Å². The van der Waals surface area contributed by atoms with Crippen LogP contribution in [0.15, 0.2) is 77.3 Å². The molecule has 1 aliphatic heterocycles. The molecule has 0 unspecified atom stereocenters. The van der Waals surface area contributed by atoms with Crippen molar-refractivity contribution in [3.63, 3.8) is 0 Å². The van der Waals surface area contributed by atoms with Crippen LogP contribution in [0.2, 0.25) is 0 Å². The first-order chi connectivity index (χ1) is 13.9. The van der Waals surface area contributed by atoms with Gasteiger partial charge in [-0.1, -0.05) is 46.3 Å². The summed E-state index contributed by atoms with van der Waals surface area (Å²) < 4.78 is 13.9. The van der Waals surface area contributed by atoms with Crippen LogP contribution < -0.4 is 4.90 Å². The number of fused-ring (bicyclic) bond motifs is 1. The molecule has 1 N–H and O–H groups in total. The van der Waals surface area contributed by atoms with Gasteiger partial charge in [-0.05, 0) is 48.0 Å². The highest BCUT2D eigenvalue weighted by Crippen LogP contribution is 2.44. The van der Waals surface area contributed by atoms with Crippen LogP contribution in [-0.4, -0.2) is 16.8 Å². The lowest BCUT2D eigenvalue weighted by atomic mass is 9.88. The minimum atomic E-state index is -1.99. The fourth-order valence-electron chi connectivity index (χ4n) is 3.59. The highest BCUT2D eigenvalue weighted by molar-refractivity contribution is 9.10. The third-order valence-electron chi connectivity index (χ3n) is 5.06. The van der Waals surface area contributed by atoms with E-state index in [2.05, 4.69) is 15.9 Å². The van der Waals surface area contributed by atoms with E-state index in [-0.39, 0.29) is 12.1 Å². The number of hydrogen-bond acceptors (Lipinski definition) is 3. The number of Topliss-reactive ketones (excluding diaryl/α,β-unsaturated/α-hetero) is 1. The van der Waals surface area contributed by atoms with Crippen molar-refractivity contribution in [2.75, 3.05) is 4.90 Å². The smallest absolute Gasteiger partial charge is 0.264 e. The van der Waals surface area contributed by atoms with E-state index < -0.39 is 29.5 Å². The number of ketones is 1. The topological polar surface area (TPSA) is 57.6 Å². The van der Waals surface area contributed by atoms with E-state index in [1.165, 1.54) is 29.2 Å². The van der Waals surface area contributed by atoms with E-state index in [1.54, 1.807) is 18.2 Å². The summed E-state index contributed by atoms with van der Waals surface area (Å²) in [6.07, 6.45) is -0.424. The van der Waals surface area contributed by atoms with E-state index in [1.807, 2.05) is 30.3 Å². The van der Waals surface area contributed by atoms with Crippen LogP contribution in [0.1, 0.15) is 27.9 Å². The van der Waals surface area contributed by atoms with E-state index in [0.717, 1.165) is 5.56 Å². The lowest BCUT2D eigenvalue weighted by molar-refractivity contribution is -0.136. The summed E-state index contributed by atoms with van der Waals surface area (Å²) in [5.41, 5.74) is 0.105. The lowest BCUT2D eigenvalue weighted by Crippen LogP contribution is -2.41. The van der Waals surface area contributed by atoms with Crippen LogP contribution in [0.3, 0.4) is 0 Å². The van der Waals surface area contributed by atoms with Gasteiger partial charge in [0, 0.05) is 15.6 Å². The molecule has 4 nitrogen and oxygen atoms in total. The summed E-state index contributed by atoms with van der Waals surface area (Å²) in [6, 6.07) is 19.7. The van der Waals surface area contributed by atoms with Crippen molar-refractivity contribution in [2.24, 2.45) is 0 Å². The minimum Gasteiger partial charge on any atom is -0.375 e. The highest BCUT2D eigenvalue weighted by Gasteiger charge is 2.51. The molecule has 1 atom stereocenters. The Hall–Kier alpha value is -2.83. The SMILES string of the molecule is O=C(C[C@@]1(O)C(=O)N(Cc2ccccc2)c2ccc(Br)cc21)c1ccc(F)cc1. The molecule has 0 aliphatic carbocycles. The molecule has 6 heteroatoms. The van der Waals surface area contributed by atoms with Gasteiger partial charge in [0.1, 0.15) is 5.82 Å². The maximum atomic E-state index is 13.3. The molecule has 0 aromatic heterocycles. The van der Waals surface area contributed by atoms with Gasteiger partial charge >= 0.3 is 0 Å². The largest absolute Gasteiger partial charge is 0.375 e. The number of rotatable bonds is 5. The van der Waals surface area contributed by atoms with Crippen LogP contribution in [0.4, 0.5) is 10.1 Å². The number of nitrogens with zero attached hydrogens (tertiary/aromatic N) is 1. The van der Waals surface area contributed by atoms with Crippen LogP contribution in [-0.2, 0) is 16.9 Å². The second-order valence-electron chi connectivity index (χ2n) is 7.01. The zero-order valence-electron chi connectivity index (χ0n) is 15.3. The monoisotopic (exact) mass is 453 g/mol. The number of aliphatic hydroxyl groups is 1. The Labute approximate surface area is 175 Å². The predicted octanol–water partition coefficient (Wildman–Crippen LogP) is 4.60. The third-order valence-corrected chi connectivity index (χ3v) is 5.55. The molecule has 3 aromatic carbocycles. The van der Waals surface area contributed by atoms with Gasteiger partial charge in [0.25, 0.3) is 5.91 Å². The minimum absolute atomic E-state index is 0.241. The van der Waals surface area contributed by atoms with Crippen molar-refractivity contribution in [3.8, 4) is 0 Å². The standard InChI is InChI=1S/C23H17BrFNO3/c24-17-8-11-20-19(12-17)23(29,13-21(27)16-6-9-18(25)10-7-16)22(28)26(20)14-15-4-2-1-3-5-15/h1-12,29H,13-14H2/t23-/m0/s1. The summed E-state index contributed by atoms with van der Waals surface area (Å²) in [4.78, 5) is 27.5. The molecule has 3 aromatic rings. The predicted molar refractivity (Wildman–Crippen MR) is 111 cm³/mol. The summed E-state index contributed by atoms with van der Waals surface area (Å²) >= 11 is 3.37. The number of carbonyl (C=O) groups is 2. The van der Waals surface area contributed by atoms with Gasteiger partial charge in [-0.2, -0.15) is 0 Å². The summed E-state index contributed by atoms with van der Waals surface area (Å²) in [7, 11) is 0. The molecule has 0 radical (unpaired) electrons. The molecule has 1 heterocycles. The molecule has 1 aliphatic rings. The number of hydrogen-bond donors (Lipinski definition) is 1. The summed E-state index contributed by atoms with van der Waals surface area (Å²) in [5.74, 6) is -1.45. The van der Waals surface area contributed by atoms with E-state index >= 15 is 0 Å². The molecular formula is C23H17BrFNO3. The van der Waals surface area contributed by atoms with Gasteiger partial charge in [0.15, 0.2) is 11.4 Å². The Morgan fingerprint density at radius 2 is 1.72 bits per heavy atom. The van der Waals surface area contributed by atoms with Gasteiger partial charge in [-0.15, -0.1) is 0 Å². The maximum absolute atomic E-state index is 13.3. The Balaban J connectivity index is 1.71. The number of carbonyl (C=O) groups excluding carboxylic acids is 2. The molecule has 1 amide bonds. The summed E-state index contributed by atoms with van der Waals surface area (Å²) in [5, 5.41) is 11.4. The average molecular weight is 454 g/mol. The van der Waals surface area contributed by atoms with Gasteiger partial charge in [0.05, 0.1) is 18.7 Å². The van der Waals surface area contributed by atoms with Crippen molar-refractivity contribution in [2.45, 2.75) is 18.6 Å². The Kier molecular flexibility index (Phi) is 5.06. The maximum Gasteiger partial charge on any atom is 0.264 e. The molecular weight excluding hydrogens is 437 g/mol. The average Bonchev–Trinajstić information content (AvgIpc) is 2.91. The van der Waals surface area contributed by atoms with Crippen LogP contribution in [0.25, 0.3) is 0 Å². The van der Waals surface area contributed by atoms with Crippen LogP contribution in [0, 0.1) is 5.82 Å². The second kappa shape index (κ2) is 7.54. The summed E-state index contributed by atoms with van der Waals surface area (Å²) in [6.45, 7) is 0.279. The first-order valence-electron chi connectivity index (χ1n) is 9.05. The zero-order valence-corrected chi connectivity index (χ0v) is 16.9. The van der Waals surface area contributed by atoms with Gasteiger partial charge in [-0.3, -0.25) is 9.59 Å². The molecule has 0 spiro atoms. The molecule has 0 saturated carbocycles. The van der Waals surface area contributed by atoms with Crippen LogP contribution >= 0.6 is 15.9 Å². The Morgan fingerprint density at radius 1 is 1.03 bits per heavy atom. The molecule has 4 rings (SSSR count). The van der Waals surface area contributed by atoms with Gasteiger partial charge < -0.3 is 10.0 Å². The normalized spacial score (nSPS) is 18.0. The third kappa shape index (κ3) is 3.61. The van der Waals surface area contributed by atoms with Gasteiger partial charge in [0.2, 0.25) is 0 Å². The number of benzene rings is 3. The number of halogens is 2. The fraction of sp³-hybridized carbons (Fsp3) is 0.130. The molecule has 0 saturated heterocycles. The molecule has 146 valence electrons. The quantitative estimate of drug-likeness (QED) is 0.574. The molecule has 0 fully saturated rings. The first-order valence-corrected chi connectivity index (χ1v) is 9.85. The molecule has 0 bridgehead atoms. The van der Waals surface area contributed by atoms with Crippen molar-refractivity contribution in [1.29, 1.82) is 0 Å². The highest BCUT2D eigenvalue weighted by atomic mass is 79.9. The van der Waals surface area contributed by atoms with E-state index in [4.69, 9.17) is 0 Å². The van der Waals surface area contributed by atoms with E-state index in [9.17, 15) is 19.1 Å². The van der Waals surface area contributed by atoms with Crippen LogP contribution in [0.5, 0.6) is 0 Å². The van der Waals surface area contributed by atoms with Crippen molar-refractivity contribution < 1.29 is 19.1 Å². The number of amides is 1. The fourth-order valence-corrected chi connectivity index (χ4v) is 3.95. The van der Waals surface area contributed by atoms with E-state index in [0.29, 0.717) is 15.7 Å². The van der Waals surface area contributed by atoms with Gasteiger partial charge in [-0.25, -0.2) is 4.39 Å². The first kappa shape index (κ1) is 19.5.